The molecule has 3 aliphatic heterocycles. The van der Waals surface area contributed by atoms with Crippen LogP contribution < -0.4 is 0 Å². The summed E-state index contributed by atoms with van der Waals surface area (Å²) in [5.41, 5.74) is 0.516. The lowest BCUT2D eigenvalue weighted by molar-refractivity contribution is -0.145. The van der Waals surface area contributed by atoms with Crippen LogP contribution in [0, 0.1) is 5.92 Å². The summed E-state index contributed by atoms with van der Waals surface area (Å²) in [6.45, 7) is 1.32. The van der Waals surface area contributed by atoms with Gasteiger partial charge in [0.15, 0.2) is 5.72 Å². The van der Waals surface area contributed by atoms with E-state index in [1.807, 2.05) is 28.0 Å². The first-order valence-electron chi connectivity index (χ1n) is 10.0. The van der Waals surface area contributed by atoms with E-state index in [-0.39, 0.29) is 29.9 Å². The second-order valence-electron chi connectivity index (χ2n) is 8.20. The van der Waals surface area contributed by atoms with Crippen LogP contribution in [0.25, 0.3) is 0 Å². The summed E-state index contributed by atoms with van der Waals surface area (Å²) < 4.78 is 6.53. The van der Waals surface area contributed by atoms with Crippen molar-refractivity contribution < 1.29 is 14.3 Å². The molecule has 5 nitrogen and oxygen atoms in total. The lowest BCUT2D eigenvalue weighted by atomic mass is 9.88. The molecule has 138 valence electrons. The van der Waals surface area contributed by atoms with Crippen molar-refractivity contribution in [2.75, 3.05) is 13.1 Å². The van der Waals surface area contributed by atoms with E-state index in [1.54, 1.807) is 0 Å². The van der Waals surface area contributed by atoms with Gasteiger partial charge in [-0.05, 0) is 18.4 Å². The Morgan fingerprint density at radius 3 is 2.65 bits per heavy atom. The first kappa shape index (κ1) is 16.3. The minimum absolute atomic E-state index is 0.0901. The summed E-state index contributed by atoms with van der Waals surface area (Å²) in [6, 6.07) is 10.0. The monoisotopic (exact) mass is 354 g/mol. The van der Waals surface area contributed by atoms with Crippen molar-refractivity contribution in [2.24, 2.45) is 5.92 Å². The molecular weight excluding hydrogens is 328 g/mol. The molecule has 0 aromatic heterocycles. The third-order valence-corrected chi connectivity index (χ3v) is 6.84. The Hall–Kier alpha value is -1.88. The molecule has 0 unspecified atom stereocenters. The fraction of sp³-hybridized carbons (Fsp3) is 0.619. The quantitative estimate of drug-likeness (QED) is 0.821. The van der Waals surface area contributed by atoms with Crippen molar-refractivity contribution in [3.8, 4) is 0 Å². The van der Waals surface area contributed by atoms with Crippen LogP contribution >= 0.6 is 0 Å². The maximum Gasteiger partial charge on any atom is 0.227 e. The van der Waals surface area contributed by atoms with Crippen molar-refractivity contribution in [3.63, 3.8) is 0 Å². The zero-order valence-corrected chi connectivity index (χ0v) is 15.1. The van der Waals surface area contributed by atoms with Gasteiger partial charge < -0.3 is 14.5 Å². The molecule has 26 heavy (non-hydrogen) atoms. The molecule has 3 saturated heterocycles. The zero-order valence-electron chi connectivity index (χ0n) is 15.1. The number of rotatable bonds is 2. The lowest BCUT2D eigenvalue weighted by Gasteiger charge is -2.34. The molecule has 4 aliphatic rings. The summed E-state index contributed by atoms with van der Waals surface area (Å²) >= 11 is 0. The van der Waals surface area contributed by atoms with Crippen molar-refractivity contribution >= 4 is 11.8 Å². The molecule has 1 aliphatic carbocycles. The average Bonchev–Trinajstić information content (AvgIpc) is 3.31. The van der Waals surface area contributed by atoms with Gasteiger partial charge in [0.25, 0.3) is 0 Å². The Morgan fingerprint density at radius 1 is 1.12 bits per heavy atom. The third-order valence-electron chi connectivity index (χ3n) is 6.84. The predicted octanol–water partition coefficient (Wildman–Crippen LogP) is 2.87. The molecule has 1 spiro atoms. The SMILES string of the molecule is O=C(C1CCCCC1)N1CC[C@@]23O[C@@H](c4ccccc4)CN2C(=O)C[C@@H]13. The Balaban J connectivity index is 1.39. The first-order valence-corrected chi connectivity index (χ1v) is 10.0. The van der Waals surface area contributed by atoms with Crippen LogP contribution in [-0.4, -0.2) is 46.5 Å². The van der Waals surface area contributed by atoms with Crippen LogP contribution in [0.2, 0.25) is 0 Å². The maximum absolute atomic E-state index is 13.1. The van der Waals surface area contributed by atoms with Crippen LogP contribution in [0.3, 0.4) is 0 Å². The molecular formula is C21H26N2O3. The predicted molar refractivity (Wildman–Crippen MR) is 96.0 cm³/mol. The normalized spacial score (nSPS) is 34.2. The van der Waals surface area contributed by atoms with E-state index in [2.05, 4.69) is 12.1 Å². The fourth-order valence-corrected chi connectivity index (χ4v) is 5.51. The highest BCUT2D eigenvalue weighted by Gasteiger charge is 2.65. The molecule has 0 N–H and O–H groups in total. The van der Waals surface area contributed by atoms with Crippen LogP contribution in [0.4, 0.5) is 0 Å². The van der Waals surface area contributed by atoms with E-state index in [9.17, 15) is 9.59 Å². The molecule has 5 rings (SSSR count). The fourth-order valence-electron chi connectivity index (χ4n) is 5.51. The largest absolute Gasteiger partial charge is 0.343 e. The molecule has 3 atom stereocenters. The number of likely N-dealkylation sites (tertiary alicyclic amines) is 1. The second kappa shape index (κ2) is 6.08. The van der Waals surface area contributed by atoms with Crippen LogP contribution in [0.5, 0.6) is 0 Å². The molecule has 0 bridgehead atoms. The van der Waals surface area contributed by atoms with Gasteiger partial charge >= 0.3 is 0 Å². The average molecular weight is 354 g/mol. The standard InChI is InChI=1S/C21H26N2O3/c24-19-13-18-21(11-12-22(18)20(25)16-9-5-2-6-10-16)23(19)14-17(26-21)15-7-3-1-4-8-15/h1,3-4,7-8,16-18H,2,5-6,9-14H2/t17-,18-,21+/m1/s1. The Labute approximate surface area is 154 Å². The summed E-state index contributed by atoms with van der Waals surface area (Å²) in [5, 5.41) is 0. The smallest absolute Gasteiger partial charge is 0.227 e. The highest BCUT2D eigenvalue weighted by molar-refractivity contribution is 5.85. The van der Waals surface area contributed by atoms with E-state index in [0.717, 1.165) is 37.7 Å². The number of amides is 2. The van der Waals surface area contributed by atoms with Crippen LogP contribution in [0.1, 0.15) is 56.6 Å². The van der Waals surface area contributed by atoms with Gasteiger partial charge in [0, 0.05) is 18.9 Å². The number of ether oxygens (including phenoxy) is 1. The van der Waals surface area contributed by atoms with Gasteiger partial charge in [-0.2, -0.15) is 0 Å². The summed E-state index contributed by atoms with van der Waals surface area (Å²) in [4.78, 5) is 29.7. The van der Waals surface area contributed by atoms with Crippen molar-refractivity contribution in [1.29, 1.82) is 0 Å². The topological polar surface area (TPSA) is 49.9 Å². The van der Waals surface area contributed by atoms with E-state index in [1.165, 1.54) is 6.42 Å². The van der Waals surface area contributed by atoms with E-state index in [4.69, 9.17) is 4.74 Å². The Bertz CT molecular complexity index is 715. The Kier molecular flexibility index (Phi) is 3.82. The minimum Gasteiger partial charge on any atom is -0.343 e. The van der Waals surface area contributed by atoms with Gasteiger partial charge in [0.05, 0.1) is 19.0 Å². The number of benzene rings is 1. The van der Waals surface area contributed by atoms with Crippen molar-refractivity contribution in [3.05, 3.63) is 35.9 Å². The molecule has 1 aromatic carbocycles. The van der Waals surface area contributed by atoms with Crippen molar-refractivity contribution in [1.82, 2.24) is 9.80 Å². The van der Waals surface area contributed by atoms with Gasteiger partial charge in [0.2, 0.25) is 11.8 Å². The summed E-state index contributed by atoms with van der Waals surface area (Å²) in [7, 11) is 0. The number of hydrogen-bond donors (Lipinski definition) is 0. The highest BCUT2D eigenvalue weighted by atomic mass is 16.5. The maximum atomic E-state index is 13.1. The molecule has 3 heterocycles. The highest BCUT2D eigenvalue weighted by Crippen LogP contribution is 2.51. The first-order chi connectivity index (χ1) is 12.7. The molecule has 5 heteroatoms. The molecule has 1 aromatic rings. The third kappa shape index (κ3) is 2.33. The zero-order chi connectivity index (χ0) is 17.7. The number of hydrogen-bond acceptors (Lipinski definition) is 3. The van der Waals surface area contributed by atoms with Crippen LogP contribution in [-0.2, 0) is 14.3 Å². The van der Waals surface area contributed by atoms with Crippen LogP contribution in [0.15, 0.2) is 30.3 Å². The Morgan fingerprint density at radius 2 is 1.88 bits per heavy atom. The number of carbonyl (C=O) groups excluding carboxylic acids is 2. The molecule has 1 saturated carbocycles. The van der Waals surface area contributed by atoms with Gasteiger partial charge in [-0.1, -0.05) is 49.6 Å². The second-order valence-corrected chi connectivity index (χ2v) is 8.20. The van der Waals surface area contributed by atoms with Gasteiger partial charge in [-0.25, -0.2) is 0 Å². The van der Waals surface area contributed by atoms with Gasteiger partial charge in [-0.3, -0.25) is 9.59 Å². The summed E-state index contributed by atoms with van der Waals surface area (Å²) in [6.07, 6.45) is 6.61. The van der Waals surface area contributed by atoms with E-state index in [0.29, 0.717) is 19.5 Å². The minimum atomic E-state index is -0.595. The molecule has 2 amide bonds. The number of carbonyl (C=O) groups is 2. The molecule has 4 fully saturated rings. The van der Waals surface area contributed by atoms with Crippen molar-refractivity contribution in [2.45, 2.75) is 62.8 Å². The summed E-state index contributed by atoms with van der Waals surface area (Å²) in [5.74, 6) is 0.539. The molecule has 0 radical (unpaired) electrons. The van der Waals surface area contributed by atoms with Gasteiger partial charge in [0.1, 0.15) is 6.10 Å². The number of nitrogens with zero attached hydrogens (tertiary/aromatic N) is 2. The van der Waals surface area contributed by atoms with Gasteiger partial charge in [-0.15, -0.1) is 0 Å². The van der Waals surface area contributed by atoms with E-state index < -0.39 is 5.72 Å². The lowest BCUT2D eigenvalue weighted by Crippen LogP contribution is -2.49. The van der Waals surface area contributed by atoms with E-state index >= 15 is 0 Å².